The van der Waals surface area contributed by atoms with Crippen LogP contribution in [0.2, 0.25) is 0 Å². The molecule has 33 heavy (non-hydrogen) atoms. The van der Waals surface area contributed by atoms with Crippen molar-refractivity contribution in [1.29, 1.82) is 0 Å². The predicted octanol–water partition coefficient (Wildman–Crippen LogP) is 5.69. The van der Waals surface area contributed by atoms with Crippen molar-refractivity contribution in [3.05, 3.63) is 71.4 Å². The first-order chi connectivity index (χ1) is 16.0. The summed E-state index contributed by atoms with van der Waals surface area (Å²) in [6, 6.07) is 14.6. The molecule has 4 aromatic rings. The molecule has 0 aliphatic carbocycles. The molecule has 0 atom stereocenters. The number of fused-ring (bicyclic) bond motifs is 1. The lowest BCUT2D eigenvalue weighted by molar-refractivity contribution is -0.130. The number of carbonyl (C=O) groups is 1. The molecular weight excluding hydrogens is 440 g/mol. The number of thiophene rings is 1. The Morgan fingerprint density at radius 3 is 2.24 bits per heavy atom. The molecule has 2 heterocycles. The summed E-state index contributed by atoms with van der Waals surface area (Å²) in [4.78, 5) is 16.8. The molecule has 0 spiro atoms. The lowest BCUT2D eigenvalue weighted by Gasteiger charge is -2.11. The number of hydrogen-bond donors (Lipinski definition) is 2. The molecule has 8 heteroatoms. The number of aromatic nitrogens is 1. The van der Waals surface area contributed by atoms with Crippen LogP contribution in [-0.4, -0.2) is 37.4 Å². The van der Waals surface area contributed by atoms with Crippen LogP contribution in [0.1, 0.15) is 10.4 Å². The Morgan fingerprint density at radius 1 is 0.970 bits per heavy atom. The van der Waals surface area contributed by atoms with E-state index in [0.717, 1.165) is 32.1 Å². The van der Waals surface area contributed by atoms with Crippen LogP contribution in [0, 0.1) is 0 Å². The van der Waals surface area contributed by atoms with E-state index < -0.39 is 5.97 Å². The first kappa shape index (κ1) is 22.2. The van der Waals surface area contributed by atoms with E-state index in [0.29, 0.717) is 17.1 Å². The average Bonchev–Trinajstić information content (AvgIpc) is 3.18. The highest BCUT2D eigenvalue weighted by molar-refractivity contribution is 7.20. The van der Waals surface area contributed by atoms with E-state index in [1.165, 1.54) is 11.3 Å². The minimum atomic E-state index is -1.02. The van der Waals surface area contributed by atoms with Crippen molar-refractivity contribution < 1.29 is 24.1 Å². The molecule has 168 valence electrons. The largest absolute Gasteiger partial charge is 0.497 e. The highest BCUT2D eigenvalue weighted by atomic mass is 32.1. The zero-order valence-electron chi connectivity index (χ0n) is 18.3. The summed E-state index contributed by atoms with van der Waals surface area (Å²) in [6.45, 7) is 0. The molecule has 4 rings (SSSR count). The molecule has 0 aliphatic rings. The normalized spacial score (nSPS) is 11.3. The number of carboxylic acid groups (broad SMARTS) is 1. The molecule has 0 amide bonds. The lowest BCUT2D eigenvalue weighted by Crippen LogP contribution is -2.00. The highest BCUT2D eigenvalue weighted by Gasteiger charge is 2.18. The number of hydrogen-bond acceptors (Lipinski definition) is 7. The number of benzene rings is 2. The van der Waals surface area contributed by atoms with Gasteiger partial charge in [0.25, 0.3) is 0 Å². The van der Waals surface area contributed by atoms with E-state index >= 15 is 0 Å². The summed E-state index contributed by atoms with van der Waals surface area (Å²) < 4.78 is 17.1. The molecule has 0 unspecified atom stereocenters. The molecule has 2 aromatic carbocycles. The molecule has 2 aromatic heterocycles. The zero-order chi connectivity index (χ0) is 23.4. The minimum absolute atomic E-state index is 0.167. The fourth-order valence-corrected chi connectivity index (χ4v) is 4.54. The number of methoxy groups -OCH3 is 3. The second-order valence-corrected chi connectivity index (χ2v) is 8.08. The Bertz CT molecular complexity index is 1310. The van der Waals surface area contributed by atoms with Crippen LogP contribution in [-0.2, 0) is 4.79 Å². The molecule has 0 saturated heterocycles. The first-order valence-corrected chi connectivity index (χ1v) is 10.8. The van der Waals surface area contributed by atoms with Crippen molar-refractivity contribution in [1.82, 2.24) is 4.98 Å². The highest BCUT2D eigenvalue weighted by Crippen LogP contribution is 2.44. The number of rotatable bonds is 8. The Hall–Kier alpha value is -4.04. The maximum Gasteiger partial charge on any atom is 0.336 e. The SMILES string of the molecule is COc1ccc(Nc2c(/C=C(/C(=O)O)c3ccncc3)sc3cc(OC)c(OC)cc23)cc1. The number of nitrogens with zero attached hydrogens (tertiary/aromatic N) is 1. The van der Waals surface area contributed by atoms with Crippen LogP contribution in [0.5, 0.6) is 17.2 Å². The fourth-order valence-electron chi connectivity index (χ4n) is 3.42. The monoisotopic (exact) mass is 462 g/mol. The van der Waals surface area contributed by atoms with Gasteiger partial charge in [-0.15, -0.1) is 11.3 Å². The first-order valence-electron chi connectivity index (χ1n) is 9.99. The van der Waals surface area contributed by atoms with Crippen LogP contribution < -0.4 is 19.5 Å². The van der Waals surface area contributed by atoms with Crippen LogP contribution >= 0.6 is 11.3 Å². The van der Waals surface area contributed by atoms with Crippen LogP contribution in [0.15, 0.2) is 60.9 Å². The Labute approximate surface area is 194 Å². The van der Waals surface area contributed by atoms with Crippen molar-refractivity contribution >= 4 is 50.4 Å². The summed E-state index contributed by atoms with van der Waals surface area (Å²) in [6.07, 6.45) is 4.82. The fraction of sp³-hybridized carbons (Fsp3) is 0.120. The number of pyridine rings is 1. The van der Waals surface area contributed by atoms with Gasteiger partial charge in [0, 0.05) is 34.2 Å². The molecule has 7 nitrogen and oxygen atoms in total. The average molecular weight is 463 g/mol. The van der Waals surface area contributed by atoms with Gasteiger partial charge in [-0.2, -0.15) is 0 Å². The Balaban J connectivity index is 1.91. The maximum atomic E-state index is 12.1. The summed E-state index contributed by atoms with van der Waals surface area (Å²) in [7, 11) is 4.78. The van der Waals surface area contributed by atoms with Crippen molar-refractivity contribution in [3.8, 4) is 17.2 Å². The van der Waals surface area contributed by atoms with E-state index in [1.807, 2.05) is 36.4 Å². The molecule has 0 aliphatic heterocycles. The minimum Gasteiger partial charge on any atom is -0.497 e. The summed E-state index contributed by atoms with van der Waals surface area (Å²) in [5, 5.41) is 14.2. The van der Waals surface area contributed by atoms with Crippen LogP contribution in [0.4, 0.5) is 11.4 Å². The molecule has 0 fully saturated rings. The molecule has 0 saturated carbocycles. The van der Waals surface area contributed by atoms with Gasteiger partial charge >= 0.3 is 5.97 Å². The summed E-state index contributed by atoms with van der Waals surface area (Å²) in [5.41, 5.74) is 2.34. The topological polar surface area (TPSA) is 89.9 Å². The van der Waals surface area contributed by atoms with E-state index in [1.54, 1.807) is 51.9 Å². The number of carboxylic acids is 1. The van der Waals surface area contributed by atoms with Crippen LogP contribution in [0.25, 0.3) is 21.7 Å². The second-order valence-electron chi connectivity index (χ2n) is 7.00. The van der Waals surface area contributed by atoms with Gasteiger partial charge in [0.15, 0.2) is 11.5 Å². The maximum absolute atomic E-state index is 12.1. The third kappa shape index (κ3) is 4.61. The van der Waals surface area contributed by atoms with Crippen LogP contribution in [0.3, 0.4) is 0 Å². The Kier molecular flexibility index (Phi) is 6.46. The predicted molar refractivity (Wildman–Crippen MR) is 131 cm³/mol. The number of nitrogens with one attached hydrogen (secondary N) is 1. The van der Waals surface area contributed by atoms with Gasteiger partial charge in [-0.1, -0.05) is 0 Å². The Morgan fingerprint density at radius 2 is 1.64 bits per heavy atom. The number of aliphatic carboxylic acids is 1. The lowest BCUT2D eigenvalue weighted by atomic mass is 10.1. The van der Waals surface area contributed by atoms with Crippen molar-refractivity contribution in [2.75, 3.05) is 26.6 Å². The molecule has 0 bridgehead atoms. The van der Waals surface area contributed by atoms with Gasteiger partial charge in [-0.25, -0.2) is 4.79 Å². The zero-order valence-corrected chi connectivity index (χ0v) is 19.1. The van der Waals surface area contributed by atoms with Crippen molar-refractivity contribution in [2.45, 2.75) is 0 Å². The van der Waals surface area contributed by atoms with Gasteiger partial charge in [-0.05, 0) is 54.1 Å². The molecular formula is C25H22N2O5S. The summed E-state index contributed by atoms with van der Waals surface area (Å²) in [5.74, 6) is 0.909. The molecule has 0 radical (unpaired) electrons. The smallest absolute Gasteiger partial charge is 0.336 e. The van der Waals surface area contributed by atoms with Crippen molar-refractivity contribution in [2.24, 2.45) is 0 Å². The van der Waals surface area contributed by atoms with Crippen molar-refractivity contribution in [3.63, 3.8) is 0 Å². The van der Waals surface area contributed by atoms with Gasteiger partial charge in [-0.3, -0.25) is 4.98 Å². The third-order valence-corrected chi connectivity index (χ3v) is 6.18. The van der Waals surface area contributed by atoms with Gasteiger partial charge in [0.1, 0.15) is 5.75 Å². The standard InChI is InChI=1S/C25H22N2O5S/c1-30-17-6-4-16(5-7-17)27-24-19-12-20(31-2)21(32-3)14-22(19)33-23(24)13-18(25(28)29)15-8-10-26-11-9-15/h4-14,27H,1-3H3,(H,28,29)/b18-13+. The van der Waals surface area contributed by atoms with E-state index in [4.69, 9.17) is 14.2 Å². The number of anilines is 2. The van der Waals surface area contributed by atoms with Gasteiger partial charge < -0.3 is 24.6 Å². The quantitative estimate of drug-likeness (QED) is 0.325. The number of ether oxygens (including phenoxy) is 3. The second kappa shape index (κ2) is 9.62. The third-order valence-electron chi connectivity index (χ3n) is 5.08. The van der Waals surface area contributed by atoms with Gasteiger partial charge in [0.2, 0.25) is 0 Å². The summed E-state index contributed by atoms with van der Waals surface area (Å²) >= 11 is 1.46. The molecule has 2 N–H and O–H groups in total. The van der Waals surface area contributed by atoms with E-state index in [-0.39, 0.29) is 5.57 Å². The van der Waals surface area contributed by atoms with E-state index in [2.05, 4.69) is 10.3 Å². The van der Waals surface area contributed by atoms with E-state index in [9.17, 15) is 9.90 Å². The van der Waals surface area contributed by atoms with Gasteiger partial charge in [0.05, 0.1) is 37.5 Å².